The lowest BCUT2D eigenvalue weighted by Crippen LogP contribution is -2.32. The fourth-order valence-electron chi connectivity index (χ4n) is 1.92. The molecule has 14 heavy (non-hydrogen) atoms. The molecule has 1 atom stereocenters. The van der Waals surface area contributed by atoms with Crippen LogP contribution in [0.25, 0.3) is 0 Å². The second-order valence-corrected chi connectivity index (χ2v) is 4.08. The zero-order valence-electron chi connectivity index (χ0n) is 9.59. The van der Waals surface area contributed by atoms with Crippen molar-refractivity contribution in [1.29, 1.82) is 0 Å². The van der Waals surface area contributed by atoms with Crippen LogP contribution in [-0.2, 0) is 4.74 Å². The average molecular weight is 200 g/mol. The SMILES string of the molecule is CCOCCNC1CCCN(C)CC1. The number of rotatable bonds is 5. The first-order valence-corrected chi connectivity index (χ1v) is 5.82. The Labute approximate surface area is 87.8 Å². The van der Waals surface area contributed by atoms with Gasteiger partial charge in [0.2, 0.25) is 0 Å². The summed E-state index contributed by atoms with van der Waals surface area (Å²) in [6.07, 6.45) is 3.92. The van der Waals surface area contributed by atoms with E-state index in [1.54, 1.807) is 0 Å². The van der Waals surface area contributed by atoms with Gasteiger partial charge in [0.05, 0.1) is 6.61 Å². The molecule has 0 aromatic heterocycles. The predicted molar refractivity (Wildman–Crippen MR) is 59.6 cm³/mol. The van der Waals surface area contributed by atoms with Crippen LogP contribution in [0.15, 0.2) is 0 Å². The van der Waals surface area contributed by atoms with Gasteiger partial charge in [-0.05, 0) is 46.3 Å². The molecule has 0 spiro atoms. The van der Waals surface area contributed by atoms with Crippen LogP contribution in [0.3, 0.4) is 0 Å². The Balaban J connectivity index is 2.05. The molecule has 3 heteroatoms. The molecule has 0 saturated carbocycles. The Bertz CT molecular complexity index is 141. The number of hydrogen-bond donors (Lipinski definition) is 1. The van der Waals surface area contributed by atoms with Crippen LogP contribution < -0.4 is 5.32 Å². The van der Waals surface area contributed by atoms with Crippen molar-refractivity contribution in [3.63, 3.8) is 0 Å². The van der Waals surface area contributed by atoms with Crippen molar-refractivity contribution in [2.45, 2.75) is 32.2 Å². The molecule has 0 radical (unpaired) electrons. The molecular formula is C11H24N2O. The molecule has 1 unspecified atom stereocenters. The van der Waals surface area contributed by atoms with E-state index in [1.807, 2.05) is 6.92 Å². The summed E-state index contributed by atoms with van der Waals surface area (Å²) >= 11 is 0. The highest BCUT2D eigenvalue weighted by molar-refractivity contribution is 4.73. The van der Waals surface area contributed by atoms with E-state index in [-0.39, 0.29) is 0 Å². The second-order valence-electron chi connectivity index (χ2n) is 4.08. The highest BCUT2D eigenvalue weighted by atomic mass is 16.5. The highest BCUT2D eigenvalue weighted by Gasteiger charge is 2.13. The lowest BCUT2D eigenvalue weighted by molar-refractivity contribution is 0.146. The summed E-state index contributed by atoms with van der Waals surface area (Å²) in [4.78, 5) is 2.42. The summed E-state index contributed by atoms with van der Waals surface area (Å²) in [6, 6.07) is 0.709. The molecule has 3 nitrogen and oxygen atoms in total. The van der Waals surface area contributed by atoms with Gasteiger partial charge in [-0.2, -0.15) is 0 Å². The third-order valence-corrected chi connectivity index (χ3v) is 2.84. The molecule has 0 bridgehead atoms. The first-order chi connectivity index (χ1) is 6.83. The Morgan fingerprint density at radius 3 is 3.00 bits per heavy atom. The average Bonchev–Trinajstić information content (AvgIpc) is 2.38. The van der Waals surface area contributed by atoms with Crippen molar-refractivity contribution in [3.05, 3.63) is 0 Å². The summed E-state index contributed by atoms with van der Waals surface area (Å²) in [7, 11) is 2.21. The minimum Gasteiger partial charge on any atom is -0.380 e. The molecule has 0 amide bonds. The van der Waals surface area contributed by atoms with E-state index in [9.17, 15) is 0 Å². The van der Waals surface area contributed by atoms with E-state index in [0.29, 0.717) is 6.04 Å². The summed E-state index contributed by atoms with van der Waals surface area (Å²) in [5.74, 6) is 0. The van der Waals surface area contributed by atoms with Crippen LogP contribution in [0.2, 0.25) is 0 Å². The molecule has 0 aliphatic carbocycles. The molecule has 1 rings (SSSR count). The van der Waals surface area contributed by atoms with Gasteiger partial charge in [0.15, 0.2) is 0 Å². The zero-order chi connectivity index (χ0) is 10.2. The van der Waals surface area contributed by atoms with Crippen LogP contribution in [0.1, 0.15) is 26.2 Å². The molecular weight excluding hydrogens is 176 g/mol. The van der Waals surface area contributed by atoms with E-state index < -0.39 is 0 Å². The quantitative estimate of drug-likeness (QED) is 0.673. The molecule has 1 aliphatic heterocycles. The summed E-state index contributed by atoms with van der Waals surface area (Å²) in [6.45, 7) is 7.21. The minimum absolute atomic E-state index is 0.709. The van der Waals surface area contributed by atoms with Gasteiger partial charge >= 0.3 is 0 Å². The van der Waals surface area contributed by atoms with E-state index >= 15 is 0 Å². The highest BCUT2D eigenvalue weighted by Crippen LogP contribution is 2.08. The lowest BCUT2D eigenvalue weighted by Gasteiger charge is -2.16. The summed E-state index contributed by atoms with van der Waals surface area (Å²) in [5, 5.41) is 3.57. The van der Waals surface area contributed by atoms with Gasteiger partial charge < -0.3 is 15.0 Å². The Hall–Kier alpha value is -0.120. The van der Waals surface area contributed by atoms with Gasteiger partial charge in [-0.15, -0.1) is 0 Å². The maximum atomic E-state index is 5.30. The van der Waals surface area contributed by atoms with Crippen LogP contribution in [-0.4, -0.2) is 50.8 Å². The van der Waals surface area contributed by atoms with E-state index in [2.05, 4.69) is 17.3 Å². The van der Waals surface area contributed by atoms with Crippen molar-refractivity contribution < 1.29 is 4.74 Å². The smallest absolute Gasteiger partial charge is 0.0590 e. The molecule has 1 aliphatic rings. The van der Waals surface area contributed by atoms with E-state index in [4.69, 9.17) is 4.74 Å². The van der Waals surface area contributed by atoms with E-state index in [1.165, 1.54) is 32.4 Å². The molecule has 0 aromatic carbocycles. The molecule has 0 aromatic rings. The van der Waals surface area contributed by atoms with Crippen LogP contribution in [0, 0.1) is 0 Å². The minimum atomic E-state index is 0.709. The Morgan fingerprint density at radius 1 is 1.36 bits per heavy atom. The number of likely N-dealkylation sites (tertiary alicyclic amines) is 1. The third kappa shape index (κ3) is 4.94. The monoisotopic (exact) mass is 200 g/mol. The van der Waals surface area contributed by atoms with Crippen molar-refractivity contribution in [3.8, 4) is 0 Å². The second kappa shape index (κ2) is 7.21. The first-order valence-electron chi connectivity index (χ1n) is 5.82. The van der Waals surface area contributed by atoms with Gasteiger partial charge in [-0.25, -0.2) is 0 Å². The standard InChI is InChI=1S/C11H24N2O/c1-3-14-10-7-12-11-5-4-8-13(2)9-6-11/h11-12H,3-10H2,1-2H3. The first kappa shape index (κ1) is 12.0. The number of nitrogens with one attached hydrogen (secondary N) is 1. The number of hydrogen-bond acceptors (Lipinski definition) is 3. The fraction of sp³-hybridized carbons (Fsp3) is 1.00. The largest absolute Gasteiger partial charge is 0.380 e. The van der Waals surface area contributed by atoms with Crippen molar-refractivity contribution in [2.75, 3.05) is 39.9 Å². The van der Waals surface area contributed by atoms with Crippen LogP contribution in [0.5, 0.6) is 0 Å². The molecule has 1 saturated heterocycles. The van der Waals surface area contributed by atoms with Crippen molar-refractivity contribution in [2.24, 2.45) is 0 Å². The van der Waals surface area contributed by atoms with Gasteiger partial charge in [0, 0.05) is 19.2 Å². The lowest BCUT2D eigenvalue weighted by atomic mass is 10.1. The molecule has 1 N–H and O–H groups in total. The van der Waals surface area contributed by atoms with E-state index in [0.717, 1.165) is 19.8 Å². The van der Waals surface area contributed by atoms with Gasteiger partial charge in [-0.1, -0.05) is 0 Å². The predicted octanol–water partition coefficient (Wildman–Crippen LogP) is 1.10. The van der Waals surface area contributed by atoms with Crippen LogP contribution >= 0.6 is 0 Å². The fourth-order valence-corrected chi connectivity index (χ4v) is 1.92. The van der Waals surface area contributed by atoms with Gasteiger partial charge in [-0.3, -0.25) is 0 Å². The topological polar surface area (TPSA) is 24.5 Å². The maximum absolute atomic E-state index is 5.30. The Morgan fingerprint density at radius 2 is 2.21 bits per heavy atom. The van der Waals surface area contributed by atoms with Crippen molar-refractivity contribution in [1.82, 2.24) is 10.2 Å². The summed E-state index contributed by atoms with van der Waals surface area (Å²) < 4.78 is 5.30. The molecule has 1 fully saturated rings. The van der Waals surface area contributed by atoms with Crippen molar-refractivity contribution >= 4 is 0 Å². The Kier molecular flexibility index (Phi) is 6.15. The number of ether oxygens (including phenoxy) is 1. The maximum Gasteiger partial charge on any atom is 0.0590 e. The van der Waals surface area contributed by atoms with Gasteiger partial charge in [0.1, 0.15) is 0 Å². The summed E-state index contributed by atoms with van der Waals surface area (Å²) in [5.41, 5.74) is 0. The normalized spacial score (nSPS) is 24.9. The molecule has 1 heterocycles. The third-order valence-electron chi connectivity index (χ3n) is 2.84. The molecule has 84 valence electrons. The number of nitrogens with zero attached hydrogens (tertiary/aromatic N) is 1. The zero-order valence-corrected chi connectivity index (χ0v) is 9.59. The van der Waals surface area contributed by atoms with Crippen LogP contribution in [0.4, 0.5) is 0 Å². The van der Waals surface area contributed by atoms with Gasteiger partial charge in [0.25, 0.3) is 0 Å².